The van der Waals surface area contributed by atoms with Gasteiger partial charge in [0.05, 0.1) is 33.4 Å². The lowest BCUT2D eigenvalue weighted by atomic mass is 10.1. The van der Waals surface area contributed by atoms with Gasteiger partial charge in [-0.1, -0.05) is 18.2 Å². The van der Waals surface area contributed by atoms with Crippen LogP contribution in [0.3, 0.4) is 0 Å². The van der Waals surface area contributed by atoms with Crippen molar-refractivity contribution in [1.82, 2.24) is 0 Å². The Morgan fingerprint density at radius 3 is 2.40 bits per heavy atom. The SMILES string of the molecule is CCOc1ccccc1N(CC(=O)Nc1cccc([N+](=O)[O-])c1C)S(=O)(=O)c1ccc(SC)cc1. The topological polar surface area (TPSA) is 119 Å². The van der Waals surface area contributed by atoms with Crippen LogP contribution in [0.2, 0.25) is 0 Å². The second-order valence-corrected chi connectivity index (χ2v) is 10.1. The van der Waals surface area contributed by atoms with Gasteiger partial charge >= 0.3 is 0 Å². The van der Waals surface area contributed by atoms with E-state index in [1.54, 1.807) is 43.3 Å². The van der Waals surface area contributed by atoms with Gasteiger partial charge in [0.15, 0.2) is 0 Å². The summed E-state index contributed by atoms with van der Waals surface area (Å²) in [4.78, 5) is 24.7. The monoisotopic (exact) mass is 515 g/mol. The highest BCUT2D eigenvalue weighted by atomic mass is 32.2. The molecule has 0 spiro atoms. The molecule has 3 aromatic rings. The van der Waals surface area contributed by atoms with Gasteiger partial charge in [0.2, 0.25) is 5.91 Å². The van der Waals surface area contributed by atoms with E-state index >= 15 is 0 Å². The minimum absolute atomic E-state index is 0.0148. The van der Waals surface area contributed by atoms with E-state index in [9.17, 15) is 23.3 Å². The van der Waals surface area contributed by atoms with Crippen molar-refractivity contribution in [1.29, 1.82) is 0 Å². The zero-order valence-electron chi connectivity index (χ0n) is 19.4. The first-order chi connectivity index (χ1) is 16.7. The molecule has 0 radical (unpaired) electrons. The van der Waals surface area contributed by atoms with E-state index in [1.807, 2.05) is 6.26 Å². The Labute approximate surface area is 208 Å². The molecule has 0 saturated heterocycles. The Morgan fingerprint density at radius 2 is 1.77 bits per heavy atom. The number of sulfonamides is 1. The highest BCUT2D eigenvalue weighted by molar-refractivity contribution is 7.98. The highest BCUT2D eigenvalue weighted by Gasteiger charge is 2.30. The van der Waals surface area contributed by atoms with Crippen molar-refractivity contribution in [2.75, 3.05) is 29.0 Å². The third kappa shape index (κ3) is 5.92. The van der Waals surface area contributed by atoms with Gasteiger partial charge < -0.3 is 10.1 Å². The van der Waals surface area contributed by atoms with Crippen LogP contribution >= 0.6 is 11.8 Å². The molecule has 0 aliphatic rings. The van der Waals surface area contributed by atoms with E-state index in [2.05, 4.69) is 5.32 Å². The molecule has 9 nitrogen and oxygen atoms in total. The lowest BCUT2D eigenvalue weighted by Gasteiger charge is -2.26. The average Bonchev–Trinajstić information content (AvgIpc) is 2.84. The lowest BCUT2D eigenvalue weighted by molar-refractivity contribution is -0.385. The molecule has 0 unspecified atom stereocenters. The molecule has 1 amide bonds. The van der Waals surface area contributed by atoms with Crippen LogP contribution < -0.4 is 14.4 Å². The molecule has 3 aromatic carbocycles. The second-order valence-electron chi connectivity index (χ2n) is 7.34. The standard InChI is InChI=1S/C24H25N3O6S2/c1-4-33-23-11-6-5-9-22(23)26(35(31,32)19-14-12-18(34-3)13-15-19)16-24(28)25-20-8-7-10-21(17(20)2)27(29)30/h5-15H,4,16H2,1-3H3,(H,25,28). The van der Waals surface area contributed by atoms with E-state index in [-0.39, 0.29) is 27.5 Å². The van der Waals surface area contributed by atoms with Crippen LogP contribution in [0.1, 0.15) is 12.5 Å². The Balaban J connectivity index is 2.02. The van der Waals surface area contributed by atoms with Gasteiger partial charge in [0, 0.05) is 11.0 Å². The fourth-order valence-electron chi connectivity index (χ4n) is 3.39. The molecule has 1 N–H and O–H groups in total. The van der Waals surface area contributed by atoms with Crippen LogP contribution in [-0.2, 0) is 14.8 Å². The summed E-state index contributed by atoms with van der Waals surface area (Å²) in [6.07, 6.45) is 1.88. The van der Waals surface area contributed by atoms with E-state index < -0.39 is 27.4 Å². The number of benzene rings is 3. The molecule has 184 valence electrons. The predicted molar refractivity (Wildman–Crippen MR) is 137 cm³/mol. The summed E-state index contributed by atoms with van der Waals surface area (Å²) in [5.74, 6) is -0.358. The van der Waals surface area contributed by atoms with Crippen molar-refractivity contribution in [2.24, 2.45) is 0 Å². The fourth-order valence-corrected chi connectivity index (χ4v) is 5.23. The number of ether oxygens (including phenoxy) is 1. The van der Waals surface area contributed by atoms with Crippen LogP contribution in [0.4, 0.5) is 17.1 Å². The molecule has 3 rings (SSSR count). The molecule has 0 fully saturated rings. The second kappa shape index (κ2) is 11.2. The smallest absolute Gasteiger partial charge is 0.274 e. The zero-order chi connectivity index (χ0) is 25.6. The number of nitro benzene ring substituents is 1. The lowest BCUT2D eigenvalue weighted by Crippen LogP contribution is -2.38. The van der Waals surface area contributed by atoms with Gasteiger partial charge in [-0.15, -0.1) is 11.8 Å². The molecule has 0 heterocycles. The molecule has 35 heavy (non-hydrogen) atoms. The van der Waals surface area contributed by atoms with E-state index in [1.165, 1.54) is 49.0 Å². The maximum atomic E-state index is 13.7. The summed E-state index contributed by atoms with van der Waals surface area (Å²) in [6, 6.07) is 17.2. The largest absolute Gasteiger partial charge is 0.492 e. The van der Waals surface area contributed by atoms with Gasteiger partial charge in [-0.3, -0.25) is 19.2 Å². The maximum absolute atomic E-state index is 13.7. The zero-order valence-corrected chi connectivity index (χ0v) is 21.1. The normalized spacial score (nSPS) is 11.1. The Morgan fingerprint density at radius 1 is 1.09 bits per heavy atom. The van der Waals surface area contributed by atoms with Crippen molar-refractivity contribution in [2.45, 2.75) is 23.6 Å². The minimum atomic E-state index is -4.16. The number of thioether (sulfide) groups is 1. The molecular weight excluding hydrogens is 490 g/mol. The minimum Gasteiger partial charge on any atom is -0.492 e. The third-order valence-electron chi connectivity index (χ3n) is 5.14. The Kier molecular flexibility index (Phi) is 8.36. The number of hydrogen-bond acceptors (Lipinski definition) is 7. The number of carbonyl (C=O) groups is 1. The molecular formula is C24H25N3O6S2. The molecule has 0 atom stereocenters. The van der Waals surface area contributed by atoms with E-state index in [0.29, 0.717) is 12.4 Å². The number of amides is 1. The van der Waals surface area contributed by atoms with Crippen LogP contribution in [0.5, 0.6) is 5.75 Å². The maximum Gasteiger partial charge on any atom is 0.274 e. The van der Waals surface area contributed by atoms with Crippen LogP contribution in [0.25, 0.3) is 0 Å². The van der Waals surface area contributed by atoms with Gasteiger partial charge in [-0.25, -0.2) is 8.42 Å². The van der Waals surface area contributed by atoms with E-state index in [4.69, 9.17) is 4.74 Å². The number of carbonyl (C=O) groups excluding carboxylic acids is 1. The van der Waals surface area contributed by atoms with Gasteiger partial charge in [-0.05, 0) is 62.6 Å². The van der Waals surface area contributed by atoms with Crippen LogP contribution in [0.15, 0.2) is 76.5 Å². The summed E-state index contributed by atoms with van der Waals surface area (Å²) in [6.45, 7) is 3.01. The number of nitrogens with one attached hydrogen (secondary N) is 1. The summed E-state index contributed by atoms with van der Waals surface area (Å²) in [5.41, 5.74) is 0.545. The molecule has 0 saturated carbocycles. The number of anilines is 2. The van der Waals surface area contributed by atoms with Crippen LogP contribution in [-0.4, -0.2) is 38.7 Å². The molecule has 0 aromatic heterocycles. The van der Waals surface area contributed by atoms with Crippen molar-refractivity contribution in [3.05, 3.63) is 82.4 Å². The summed E-state index contributed by atoms with van der Waals surface area (Å²) in [7, 11) is -4.16. The number of hydrogen-bond donors (Lipinski definition) is 1. The highest BCUT2D eigenvalue weighted by Crippen LogP contribution is 2.33. The van der Waals surface area contributed by atoms with Crippen molar-refractivity contribution >= 4 is 44.8 Å². The molecule has 0 bridgehead atoms. The third-order valence-corrected chi connectivity index (χ3v) is 7.66. The number of nitrogens with zero attached hydrogens (tertiary/aromatic N) is 2. The van der Waals surface area contributed by atoms with Gasteiger partial charge in [0.25, 0.3) is 15.7 Å². The Bertz CT molecular complexity index is 1330. The predicted octanol–water partition coefficient (Wildman–Crippen LogP) is 4.86. The average molecular weight is 516 g/mol. The van der Waals surface area contributed by atoms with Crippen LogP contribution in [0, 0.1) is 17.0 Å². The number of rotatable bonds is 10. The Hall–Kier alpha value is -3.57. The van der Waals surface area contributed by atoms with Gasteiger partial charge in [0.1, 0.15) is 12.3 Å². The first-order valence-electron chi connectivity index (χ1n) is 10.6. The summed E-state index contributed by atoms with van der Waals surface area (Å²) >= 11 is 1.48. The summed E-state index contributed by atoms with van der Waals surface area (Å²) < 4.78 is 34.0. The first kappa shape index (κ1) is 26.0. The first-order valence-corrected chi connectivity index (χ1v) is 13.3. The number of nitro groups is 1. The van der Waals surface area contributed by atoms with E-state index in [0.717, 1.165) is 9.20 Å². The quantitative estimate of drug-likeness (QED) is 0.233. The van der Waals surface area contributed by atoms with Crippen molar-refractivity contribution in [3.8, 4) is 5.75 Å². The molecule has 11 heteroatoms. The van der Waals surface area contributed by atoms with Crippen molar-refractivity contribution < 1.29 is 22.9 Å². The van der Waals surface area contributed by atoms with Gasteiger partial charge in [-0.2, -0.15) is 0 Å². The number of para-hydroxylation sites is 2. The molecule has 0 aliphatic carbocycles. The van der Waals surface area contributed by atoms with Crippen molar-refractivity contribution in [3.63, 3.8) is 0 Å². The molecule has 0 aliphatic heterocycles. The fraction of sp³-hybridized carbons (Fsp3) is 0.208. The summed E-state index contributed by atoms with van der Waals surface area (Å²) in [5, 5.41) is 13.9.